The predicted octanol–water partition coefficient (Wildman–Crippen LogP) is 4.15. The molecule has 0 radical (unpaired) electrons. The number of phenolic OH excluding ortho intramolecular Hbond substituents is 1. The van der Waals surface area contributed by atoms with E-state index in [-0.39, 0.29) is 30.6 Å². The summed E-state index contributed by atoms with van der Waals surface area (Å²) in [6.45, 7) is 2.40. The van der Waals surface area contributed by atoms with Gasteiger partial charge in [-0.25, -0.2) is 4.39 Å². The number of para-hydroxylation sites is 1. The van der Waals surface area contributed by atoms with Crippen LogP contribution >= 0.6 is 11.8 Å². The number of carbonyl (C=O) groups excluding carboxylic acids is 1. The maximum absolute atomic E-state index is 14.2. The number of aromatic hydroxyl groups is 1. The second kappa shape index (κ2) is 8.28. The van der Waals surface area contributed by atoms with Gasteiger partial charge in [0.2, 0.25) is 5.91 Å². The number of ether oxygens (including phenoxy) is 1. The summed E-state index contributed by atoms with van der Waals surface area (Å²) in [5.41, 5.74) is 1.67. The zero-order valence-electron chi connectivity index (χ0n) is 16.3. The number of amides is 1. The molecule has 2 aliphatic heterocycles. The summed E-state index contributed by atoms with van der Waals surface area (Å²) in [5, 5.41) is 20.5. The summed E-state index contributed by atoms with van der Waals surface area (Å²) in [4.78, 5) is 16.3. The van der Waals surface area contributed by atoms with Gasteiger partial charge >= 0.3 is 0 Å². The third kappa shape index (κ3) is 3.57. The van der Waals surface area contributed by atoms with E-state index in [1.165, 1.54) is 23.9 Å². The third-order valence-electron chi connectivity index (χ3n) is 5.17. The molecule has 30 heavy (non-hydrogen) atoms. The van der Waals surface area contributed by atoms with Crippen molar-refractivity contribution >= 4 is 23.4 Å². The Bertz CT molecular complexity index is 1070. The lowest BCUT2D eigenvalue weighted by atomic mass is 9.86. The van der Waals surface area contributed by atoms with Crippen LogP contribution in [0.1, 0.15) is 24.8 Å². The number of allylic oxidation sites excluding steroid dienone is 1. The Kier molecular flexibility index (Phi) is 5.55. The topological polar surface area (TPSA) is 76.8 Å². The Morgan fingerprint density at radius 2 is 2.13 bits per heavy atom. The van der Waals surface area contributed by atoms with Gasteiger partial charge in [0.1, 0.15) is 5.82 Å². The van der Waals surface area contributed by atoms with Gasteiger partial charge in [0.25, 0.3) is 0 Å². The lowest BCUT2D eigenvalue weighted by molar-refractivity contribution is -0.129. The molecule has 0 unspecified atom stereocenters. The number of rotatable bonds is 4. The molecule has 0 bridgehead atoms. The lowest BCUT2D eigenvalue weighted by Crippen LogP contribution is -2.47. The molecule has 1 fully saturated rings. The van der Waals surface area contributed by atoms with Crippen LogP contribution in [0.3, 0.4) is 0 Å². The molecule has 154 valence electrons. The number of halogens is 1. The quantitative estimate of drug-likeness (QED) is 0.793. The minimum atomic E-state index is -0.416. The van der Waals surface area contributed by atoms with Crippen molar-refractivity contribution in [1.82, 2.24) is 4.90 Å². The molecule has 0 saturated carbocycles. The van der Waals surface area contributed by atoms with Crippen LogP contribution in [-0.2, 0) is 4.79 Å². The molecule has 2 aliphatic rings. The first kappa shape index (κ1) is 20.1. The monoisotopic (exact) mass is 425 g/mol. The van der Waals surface area contributed by atoms with Crippen LogP contribution in [0, 0.1) is 17.1 Å². The molecule has 2 aromatic rings. The molecule has 2 heterocycles. The molecule has 0 spiro atoms. The van der Waals surface area contributed by atoms with Crippen LogP contribution in [-0.4, -0.2) is 35.1 Å². The Morgan fingerprint density at radius 1 is 1.33 bits per heavy atom. The Labute approximate surface area is 178 Å². The van der Waals surface area contributed by atoms with Crippen molar-refractivity contribution in [3.63, 3.8) is 0 Å². The molecule has 2 aromatic carbocycles. The van der Waals surface area contributed by atoms with Gasteiger partial charge < -0.3 is 14.7 Å². The summed E-state index contributed by atoms with van der Waals surface area (Å²) in [6, 6.07) is 13.6. The van der Waals surface area contributed by atoms with E-state index in [0.717, 1.165) is 5.56 Å². The summed E-state index contributed by atoms with van der Waals surface area (Å²) >= 11 is 1.35. The first-order valence-electron chi connectivity index (χ1n) is 9.56. The van der Waals surface area contributed by atoms with Crippen LogP contribution in [0.5, 0.6) is 11.5 Å². The predicted molar refractivity (Wildman–Crippen MR) is 112 cm³/mol. The van der Waals surface area contributed by atoms with E-state index in [1.807, 2.05) is 6.92 Å². The van der Waals surface area contributed by atoms with Crippen molar-refractivity contribution in [3.8, 4) is 17.6 Å². The number of hydrogen-bond donors (Lipinski definition) is 1. The zero-order chi connectivity index (χ0) is 21.3. The van der Waals surface area contributed by atoms with Crippen molar-refractivity contribution in [3.05, 3.63) is 64.4 Å². The largest absolute Gasteiger partial charge is 0.504 e. The molecule has 0 aliphatic carbocycles. The highest BCUT2D eigenvalue weighted by Crippen LogP contribution is 2.44. The van der Waals surface area contributed by atoms with Gasteiger partial charge in [-0.15, -0.1) is 0 Å². The highest BCUT2D eigenvalue weighted by atomic mass is 32.2. The molecular weight excluding hydrogens is 405 g/mol. The normalized spacial score (nSPS) is 18.8. The van der Waals surface area contributed by atoms with E-state index in [9.17, 15) is 19.6 Å². The van der Waals surface area contributed by atoms with Crippen LogP contribution in [0.4, 0.5) is 10.1 Å². The lowest BCUT2D eigenvalue weighted by Gasteiger charge is -2.42. The molecule has 4 rings (SSSR count). The molecule has 0 aromatic heterocycles. The first-order valence-corrected chi connectivity index (χ1v) is 10.5. The van der Waals surface area contributed by atoms with Gasteiger partial charge in [-0.2, -0.15) is 5.26 Å². The number of carbonyl (C=O) groups is 1. The minimum absolute atomic E-state index is 0.0168. The maximum atomic E-state index is 14.2. The first-order chi connectivity index (χ1) is 14.5. The third-order valence-corrected chi connectivity index (χ3v) is 6.33. The van der Waals surface area contributed by atoms with Crippen LogP contribution < -0.4 is 9.64 Å². The zero-order valence-corrected chi connectivity index (χ0v) is 17.2. The van der Waals surface area contributed by atoms with Gasteiger partial charge in [0, 0.05) is 12.3 Å². The number of fused-ring (bicyclic) bond motifs is 1. The van der Waals surface area contributed by atoms with E-state index in [4.69, 9.17) is 4.74 Å². The number of phenols is 1. The molecular formula is C22H20FN3O3S. The fourth-order valence-electron chi connectivity index (χ4n) is 3.73. The summed E-state index contributed by atoms with van der Waals surface area (Å²) in [6.07, 6.45) is 0.119. The van der Waals surface area contributed by atoms with Crippen molar-refractivity contribution in [1.29, 1.82) is 5.26 Å². The average molecular weight is 425 g/mol. The summed E-state index contributed by atoms with van der Waals surface area (Å²) < 4.78 is 19.7. The number of benzene rings is 2. The Balaban J connectivity index is 1.67. The van der Waals surface area contributed by atoms with Crippen molar-refractivity contribution in [2.24, 2.45) is 0 Å². The Hall–Kier alpha value is -3.18. The van der Waals surface area contributed by atoms with E-state index in [2.05, 4.69) is 6.07 Å². The summed E-state index contributed by atoms with van der Waals surface area (Å²) in [7, 11) is 0. The Morgan fingerprint density at radius 3 is 2.87 bits per heavy atom. The smallest absolute Gasteiger partial charge is 0.229 e. The van der Waals surface area contributed by atoms with E-state index >= 15 is 0 Å². The van der Waals surface area contributed by atoms with Gasteiger partial charge in [-0.05, 0) is 36.8 Å². The number of nitrogens with zero attached hydrogens (tertiary/aromatic N) is 3. The van der Waals surface area contributed by atoms with Gasteiger partial charge in [0.05, 0.1) is 41.5 Å². The molecule has 1 N–H and O–H groups in total. The van der Waals surface area contributed by atoms with Crippen molar-refractivity contribution < 1.29 is 19.0 Å². The fraction of sp³-hybridized carbons (Fsp3) is 0.273. The number of thioether (sulfide) groups is 1. The van der Waals surface area contributed by atoms with Crippen molar-refractivity contribution in [2.45, 2.75) is 19.3 Å². The van der Waals surface area contributed by atoms with E-state index in [0.29, 0.717) is 34.5 Å². The van der Waals surface area contributed by atoms with E-state index in [1.54, 1.807) is 40.1 Å². The number of hydrogen-bond acceptors (Lipinski definition) is 6. The highest BCUT2D eigenvalue weighted by molar-refractivity contribution is 8.03. The van der Waals surface area contributed by atoms with Crippen LogP contribution in [0.2, 0.25) is 0 Å². The maximum Gasteiger partial charge on any atom is 0.229 e. The summed E-state index contributed by atoms with van der Waals surface area (Å²) in [5.74, 6) is -0.120. The number of nitriles is 1. The van der Waals surface area contributed by atoms with Crippen molar-refractivity contribution in [2.75, 3.05) is 24.1 Å². The SMILES string of the molecule is CCOc1cc([C@@H]2CC(=O)N3CN(c4ccccc4F)CSC3=C2C#N)ccc1O. The van der Waals surface area contributed by atoms with Gasteiger partial charge in [0.15, 0.2) is 11.5 Å². The second-order valence-corrected chi connectivity index (χ2v) is 7.91. The molecule has 1 saturated heterocycles. The molecule has 8 heteroatoms. The van der Waals surface area contributed by atoms with Gasteiger partial charge in [-0.3, -0.25) is 9.69 Å². The van der Waals surface area contributed by atoms with Crippen LogP contribution in [0.25, 0.3) is 0 Å². The standard InChI is InChI=1S/C22H20FN3O3S/c1-2-29-20-9-14(7-8-19(20)27)15-10-21(28)26-12-25(13-30-22(26)16(15)11-24)18-6-4-3-5-17(18)23/h3-9,15,27H,2,10,12-13H2,1H3/t15-/m0/s1. The molecule has 1 amide bonds. The second-order valence-electron chi connectivity index (χ2n) is 6.98. The van der Waals surface area contributed by atoms with Gasteiger partial charge in [-0.1, -0.05) is 30.0 Å². The fourth-order valence-corrected chi connectivity index (χ4v) is 4.88. The average Bonchev–Trinajstić information content (AvgIpc) is 2.75. The molecule has 1 atom stereocenters. The van der Waals surface area contributed by atoms with E-state index < -0.39 is 5.92 Å². The minimum Gasteiger partial charge on any atom is -0.504 e. The number of anilines is 1. The highest BCUT2D eigenvalue weighted by Gasteiger charge is 2.38. The van der Waals surface area contributed by atoms with Crippen LogP contribution in [0.15, 0.2) is 53.1 Å². The molecule has 6 nitrogen and oxygen atoms in total.